The summed E-state index contributed by atoms with van der Waals surface area (Å²) in [7, 11) is 0. The maximum Gasteiger partial charge on any atom is 0.157 e. The first-order chi connectivity index (χ1) is 9.25. The zero-order valence-corrected chi connectivity index (χ0v) is 10.6. The summed E-state index contributed by atoms with van der Waals surface area (Å²) in [6.07, 6.45) is -0.674. The third kappa shape index (κ3) is 2.20. The van der Waals surface area contributed by atoms with Gasteiger partial charge < -0.3 is 5.11 Å². The molecule has 0 aliphatic rings. The smallest absolute Gasteiger partial charge is 0.157 e. The molecule has 1 heterocycles. The van der Waals surface area contributed by atoms with E-state index in [0.29, 0.717) is 5.82 Å². The van der Waals surface area contributed by atoms with Crippen molar-refractivity contribution < 1.29 is 5.11 Å². The van der Waals surface area contributed by atoms with E-state index in [4.69, 9.17) is 0 Å². The number of nitrogens with zero attached hydrogens (tertiary/aromatic N) is 2. The molecule has 3 aromatic rings. The van der Waals surface area contributed by atoms with Crippen molar-refractivity contribution in [1.82, 2.24) is 9.97 Å². The number of para-hydroxylation sites is 1. The predicted molar refractivity (Wildman–Crippen MR) is 75.6 cm³/mol. The molecule has 0 fully saturated rings. The summed E-state index contributed by atoms with van der Waals surface area (Å²) < 4.78 is 0. The van der Waals surface area contributed by atoms with Crippen molar-refractivity contribution in [2.45, 2.75) is 13.0 Å². The van der Waals surface area contributed by atoms with E-state index in [0.717, 1.165) is 22.2 Å². The van der Waals surface area contributed by atoms with Gasteiger partial charge in [-0.2, -0.15) is 0 Å². The van der Waals surface area contributed by atoms with Gasteiger partial charge in [0.2, 0.25) is 0 Å². The molecule has 0 spiro atoms. The number of rotatable bonds is 2. The van der Waals surface area contributed by atoms with E-state index in [2.05, 4.69) is 9.97 Å². The van der Waals surface area contributed by atoms with Crippen LogP contribution in [-0.2, 0) is 0 Å². The van der Waals surface area contributed by atoms with Crippen LogP contribution in [-0.4, -0.2) is 15.1 Å². The number of aromatic nitrogens is 2. The summed E-state index contributed by atoms with van der Waals surface area (Å²) >= 11 is 0. The molecule has 19 heavy (non-hydrogen) atoms. The van der Waals surface area contributed by atoms with Crippen molar-refractivity contribution in [3.63, 3.8) is 0 Å². The third-order valence-corrected chi connectivity index (χ3v) is 3.04. The highest BCUT2D eigenvalue weighted by Crippen LogP contribution is 2.26. The van der Waals surface area contributed by atoms with E-state index in [1.54, 1.807) is 6.92 Å². The second kappa shape index (κ2) is 4.78. The number of hydrogen-bond donors (Lipinski definition) is 1. The van der Waals surface area contributed by atoms with Gasteiger partial charge in [0.1, 0.15) is 6.10 Å². The molecular weight excluding hydrogens is 236 g/mol. The average Bonchev–Trinajstić information content (AvgIpc) is 2.47. The second-order valence-corrected chi connectivity index (χ2v) is 4.49. The van der Waals surface area contributed by atoms with Crippen LogP contribution in [0.4, 0.5) is 0 Å². The maximum atomic E-state index is 9.73. The topological polar surface area (TPSA) is 46.0 Å². The van der Waals surface area contributed by atoms with E-state index in [1.807, 2.05) is 54.6 Å². The molecule has 0 aliphatic heterocycles. The Kier molecular flexibility index (Phi) is 2.97. The molecule has 0 saturated carbocycles. The zero-order chi connectivity index (χ0) is 13.2. The molecule has 2 aromatic carbocycles. The Morgan fingerprint density at radius 2 is 1.58 bits per heavy atom. The van der Waals surface area contributed by atoms with E-state index in [9.17, 15) is 5.11 Å². The summed E-state index contributed by atoms with van der Waals surface area (Å²) in [5, 5.41) is 10.7. The summed E-state index contributed by atoms with van der Waals surface area (Å²) in [5.74, 6) is 0.456. The van der Waals surface area contributed by atoms with Gasteiger partial charge in [-0.15, -0.1) is 0 Å². The fourth-order valence-electron chi connectivity index (χ4n) is 2.10. The van der Waals surface area contributed by atoms with Gasteiger partial charge in [0.25, 0.3) is 0 Å². The minimum Gasteiger partial charge on any atom is -0.385 e. The summed E-state index contributed by atoms with van der Waals surface area (Å²) in [4.78, 5) is 8.91. The Balaban J connectivity index is 2.33. The Morgan fingerprint density at radius 3 is 2.32 bits per heavy atom. The van der Waals surface area contributed by atoms with Gasteiger partial charge in [-0.05, 0) is 13.0 Å². The second-order valence-electron chi connectivity index (χ2n) is 4.49. The van der Waals surface area contributed by atoms with Gasteiger partial charge in [0.05, 0.1) is 11.2 Å². The number of aliphatic hydroxyl groups is 1. The van der Waals surface area contributed by atoms with Crippen LogP contribution < -0.4 is 0 Å². The first kappa shape index (κ1) is 11.8. The molecule has 3 heteroatoms. The molecular formula is C16H14N2O. The van der Waals surface area contributed by atoms with Gasteiger partial charge in [0.15, 0.2) is 5.82 Å². The lowest BCUT2D eigenvalue weighted by atomic mass is 10.1. The summed E-state index contributed by atoms with van der Waals surface area (Å²) in [5.41, 5.74) is 2.75. The zero-order valence-electron chi connectivity index (χ0n) is 10.6. The Hall–Kier alpha value is -2.26. The molecule has 94 valence electrons. The quantitative estimate of drug-likeness (QED) is 0.758. The number of benzene rings is 2. The molecule has 3 rings (SSSR count). The molecule has 0 saturated heterocycles. The van der Waals surface area contributed by atoms with Gasteiger partial charge in [-0.25, -0.2) is 9.97 Å². The largest absolute Gasteiger partial charge is 0.385 e. The molecule has 0 aliphatic carbocycles. The van der Waals surface area contributed by atoms with Gasteiger partial charge >= 0.3 is 0 Å². The highest BCUT2D eigenvalue weighted by Gasteiger charge is 2.11. The first-order valence-corrected chi connectivity index (χ1v) is 6.26. The number of hydrogen-bond acceptors (Lipinski definition) is 3. The van der Waals surface area contributed by atoms with E-state index < -0.39 is 6.10 Å². The molecule has 1 atom stereocenters. The van der Waals surface area contributed by atoms with E-state index in [-0.39, 0.29) is 0 Å². The average molecular weight is 250 g/mol. The van der Waals surface area contributed by atoms with Crippen molar-refractivity contribution in [2.75, 3.05) is 0 Å². The van der Waals surface area contributed by atoms with Gasteiger partial charge in [-0.1, -0.05) is 48.5 Å². The normalized spacial score (nSPS) is 12.5. The monoisotopic (exact) mass is 250 g/mol. The molecule has 1 aromatic heterocycles. The lowest BCUT2D eigenvalue weighted by molar-refractivity contribution is 0.189. The molecule has 0 unspecified atom stereocenters. The maximum absolute atomic E-state index is 9.73. The standard InChI is InChI=1S/C16H14N2O/c1-11(19)16-17-14-10-6-5-9-13(14)15(18-16)12-7-3-2-4-8-12/h2-11,19H,1H3/t11-/m0/s1. The van der Waals surface area contributed by atoms with Crippen LogP contribution in [0, 0.1) is 0 Å². The van der Waals surface area contributed by atoms with Gasteiger partial charge in [-0.3, -0.25) is 0 Å². The van der Waals surface area contributed by atoms with Gasteiger partial charge in [0, 0.05) is 10.9 Å². The van der Waals surface area contributed by atoms with E-state index in [1.165, 1.54) is 0 Å². The first-order valence-electron chi connectivity index (χ1n) is 6.26. The van der Waals surface area contributed by atoms with E-state index >= 15 is 0 Å². The van der Waals surface area contributed by atoms with Crippen LogP contribution in [0.2, 0.25) is 0 Å². The fourth-order valence-corrected chi connectivity index (χ4v) is 2.10. The minimum absolute atomic E-state index is 0.456. The predicted octanol–water partition coefficient (Wildman–Crippen LogP) is 3.35. The van der Waals surface area contributed by atoms with Crippen molar-refractivity contribution in [3.8, 4) is 11.3 Å². The lowest BCUT2D eigenvalue weighted by Gasteiger charge is -2.10. The highest BCUT2D eigenvalue weighted by atomic mass is 16.3. The van der Waals surface area contributed by atoms with Crippen LogP contribution in [0.5, 0.6) is 0 Å². The molecule has 3 nitrogen and oxygen atoms in total. The fraction of sp³-hybridized carbons (Fsp3) is 0.125. The van der Waals surface area contributed by atoms with Crippen molar-refractivity contribution in [3.05, 3.63) is 60.4 Å². The number of aliphatic hydroxyl groups excluding tert-OH is 1. The molecule has 0 radical (unpaired) electrons. The summed E-state index contributed by atoms with van der Waals surface area (Å²) in [6, 6.07) is 17.8. The Morgan fingerprint density at radius 1 is 0.895 bits per heavy atom. The van der Waals surface area contributed by atoms with Crippen molar-refractivity contribution in [2.24, 2.45) is 0 Å². The Labute approximate surface area is 111 Å². The van der Waals surface area contributed by atoms with Crippen molar-refractivity contribution >= 4 is 10.9 Å². The molecule has 0 amide bonds. The summed E-state index contributed by atoms with van der Waals surface area (Å²) in [6.45, 7) is 1.68. The Bertz CT molecular complexity index is 708. The molecule has 0 bridgehead atoms. The SMILES string of the molecule is C[C@H](O)c1nc(-c2ccccc2)c2ccccc2n1. The third-order valence-electron chi connectivity index (χ3n) is 3.04. The van der Waals surface area contributed by atoms with Crippen LogP contribution in [0.25, 0.3) is 22.2 Å². The van der Waals surface area contributed by atoms with Crippen LogP contribution in [0.1, 0.15) is 18.9 Å². The van der Waals surface area contributed by atoms with Crippen molar-refractivity contribution in [1.29, 1.82) is 0 Å². The number of fused-ring (bicyclic) bond motifs is 1. The minimum atomic E-state index is -0.674. The van der Waals surface area contributed by atoms with Crippen LogP contribution in [0.15, 0.2) is 54.6 Å². The van der Waals surface area contributed by atoms with Crippen LogP contribution in [0.3, 0.4) is 0 Å². The highest BCUT2D eigenvalue weighted by molar-refractivity contribution is 5.92. The van der Waals surface area contributed by atoms with Crippen LogP contribution >= 0.6 is 0 Å². The lowest BCUT2D eigenvalue weighted by Crippen LogP contribution is -2.02. The molecule has 1 N–H and O–H groups in total.